The minimum Gasteiger partial charge on any atom is -0.477 e. The number of nitrogens with zero attached hydrogens (tertiary/aromatic N) is 3. The van der Waals surface area contributed by atoms with Crippen LogP contribution in [0, 0.1) is 17.5 Å². The average Bonchev–Trinajstić information content (AvgIpc) is 3.08. The maximum Gasteiger partial charge on any atom is 0.341 e. The van der Waals surface area contributed by atoms with Gasteiger partial charge in [-0.3, -0.25) is 9.36 Å². The molecule has 2 aromatic heterocycles. The van der Waals surface area contributed by atoms with Gasteiger partial charge >= 0.3 is 5.97 Å². The number of carboxylic acids is 1. The van der Waals surface area contributed by atoms with Crippen LogP contribution in [-0.2, 0) is 0 Å². The second-order valence-electron chi connectivity index (χ2n) is 6.80. The largest absolute Gasteiger partial charge is 0.477 e. The van der Waals surface area contributed by atoms with Gasteiger partial charge in [0, 0.05) is 37.5 Å². The Kier molecular flexibility index (Phi) is 4.50. The number of pyridine rings is 2. The third-order valence-electron chi connectivity index (χ3n) is 4.85. The number of hydrogen-bond acceptors (Lipinski definition) is 5. The van der Waals surface area contributed by atoms with Crippen LogP contribution >= 0.6 is 0 Å². The van der Waals surface area contributed by atoms with E-state index >= 15 is 0 Å². The van der Waals surface area contributed by atoms with E-state index in [1.165, 1.54) is 0 Å². The Bertz CT molecular complexity index is 1210. The Morgan fingerprint density at radius 1 is 1.21 bits per heavy atom. The second-order valence-corrected chi connectivity index (χ2v) is 6.80. The molecule has 3 heterocycles. The molecule has 29 heavy (non-hydrogen) atoms. The van der Waals surface area contributed by atoms with Crippen molar-refractivity contribution in [2.45, 2.75) is 12.5 Å². The topological polar surface area (TPSA) is 101 Å². The summed E-state index contributed by atoms with van der Waals surface area (Å²) in [6.07, 6.45) is 1.52. The number of carboxylic acid groups (broad SMARTS) is 1. The Morgan fingerprint density at radius 2 is 1.97 bits per heavy atom. The molecule has 1 atom stereocenters. The van der Waals surface area contributed by atoms with Gasteiger partial charge in [-0.2, -0.15) is 0 Å². The first-order valence-electron chi connectivity index (χ1n) is 8.71. The number of rotatable bonds is 3. The number of hydrogen-bond donors (Lipinski definition) is 2. The van der Waals surface area contributed by atoms with Gasteiger partial charge in [0.15, 0.2) is 5.65 Å². The first kappa shape index (κ1) is 18.9. The molecule has 7 nitrogen and oxygen atoms in total. The molecule has 10 heteroatoms. The van der Waals surface area contributed by atoms with Crippen molar-refractivity contribution in [1.29, 1.82) is 0 Å². The third-order valence-corrected chi connectivity index (χ3v) is 4.85. The molecule has 0 bridgehead atoms. The molecule has 150 valence electrons. The van der Waals surface area contributed by atoms with Gasteiger partial charge < -0.3 is 15.7 Å². The predicted molar refractivity (Wildman–Crippen MR) is 99.0 cm³/mol. The average molecular weight is 404 g/mol. The van der Waals surface area contributed by atoms with Crippen LogP contribution in [0.15, 0.2) is 35.3 Å². The smallest absolute Gasteiger partial charge is 0.341 e. The summed E-state index contributed by atoms with van der Waals surface area (Å²) in [5, 5.41) is 8.73. The zero-order chi connectivity index (χ0) is 20.9. The summed E-state index contributed by atoms with van der Waals surface area (Å²) in [6.45, 7) is 0.932. The molecule has 0 amide bonds. The number of aromatic nitrogens is 2. The number of benzene rings is 1. The summed E-state index contributed by atoms with van der Waals surface area (Å²) in [7, 11) is 0. The number of halogens is 3. The van der Waals surface area contributed by atoms with Gasteiger partial charge in [0.05, 0.1) is 5.69 Å². The summed E-state index contributed by atoms with van der Waals surface area (Å²) in [4.78, 5) is 30.0. The van der Waals surface area contributed by atoms with E-state index in [1.807, 2.05) is 0 Å². The van der Waals surface area contributed by atoms with Crippen molar-refractivity contribution in [3.63, 3.8) is 0 Å². The van der Waals surface area contributed by atoms with Crippen molar-refractivity contribution in [2.24, 2.45) is 5.73 Å². The molecular formula is C19H15F3N4O3. The van der Waals surface area contributed by atoms with Crippen molar-refractivity contribution < 1.29 is 23.1 Å². The number of anilines is 1. The normalized spacial score (nSPS) is 16.6. The van der Waals surface area contributed by atoms with Crippen LogP contribution in [0.4, 0.5) is 19.0 Å². The molecule has 3 N–H and O–H groups in total. The zero-order valence-electron chi connectivity index (χ0n) is 14.9. The number of fused-ring (bicyclic) bond motifs is 1. The van der Waals surface area contributed by atoms with Crippen LogP contribution in [0.1, 0.15) is 16.8 Å². The first-order valence-corrected chi connectivity index (χ1v) is 8.71. The number of aromatic carboxylic acids is 1. The number of nitrogens with two attached hydrogens (primary N) is 1. The molecule has 1 fully saturated rings. The maximum atomic E-state index is 14.9. The van der Waals surface area contributed by atoms with E-state index in [0.717, 1.165) is 29.0 Å². The van der Waals surface area contributed by atoms with Crippen LogP contribution in [0.25, 0.3) is 16.7 Å². The lowest BCUT2D eigenvalue weighted by molar-refractivity contribution is 0.0695. The molecule has 1 saturated heterocycles. The van der Waals surface area contributed by atoms with Crippen molar-refractivity contribution in [3.05, 3.63) is 63.7 Å². The van der Waals surface area contributed by atoms with Crippen molar-refractivity contribution >= 4 is 22.8 Å². The van der Waals surface area contributed by atoms with E-state index in [2.05, 4.69) is 4.98 Å². The summed E-state index contributed by atoms with van der Waals surface area (Å²) in [5.41, 5.74) is 3.47. The van der Waals surface area contributed by atoms with E-state index in [1.54, 1.807) is 4.90 Å². The molecule has 1 aromatic carbocycles. The fraction of sp³-hybridized carbons (Fsp3) is 0.211. The standard InChI is InChI=1S/C19H15F3N4O3/c20-9-1-2-14(12(21)5-9)26-8-11(19(28)29)17(27)16-13(22)6-15(24-18(16)26)25-4-3-10(23)7-25/h1-2,5-6,8,10H,3-4,7,23H2,(H,28,29). The van der Waals surface area contributed by atoms with Gasteiger partial charge in [0.25, 0.3) is 0 Å². The van der Waals surface area contributed by atoms with Crippen LogP contribution in [0.3, 0.4) is 0 Å². The molecule has 0 radical (unpaired) electrons. The van der Waals surface area contributed by atoms with E-state index in [4.69, 9.17) is 5.73 Å². The van der Waals surface area contributed by atoms with Gasteiger partial charge in [-0.1, -0.05) is 0 Å². The first-order chi connectivity index (χ1) is 13.8. The Hall–Kier alpha value is -3.40. The molecule has 0 saturated carbocycles. The highest BCUT2D eigenvalue weighted by molar-refractivity contribution is 5.92. The van der Waals surface area contributed by atoms with Crippen molar-refractivity contribution in [1.82, 2.24) is 9.55 Å². The van der Waals surface area contributed by atoms with Crippen molar-refractivity contribution in [2.75, 3.05) is 18.0 Å². The zero-order valence-corrected chi connectivity index (χ0v) is 14.9. The number of carbonyl (C=O) groups is 1. The van der Waals surface area contributed by atoms with Crippen molar-refractivity contribution in [3.8, 4) is 5.69 Å². The Morgan fingerprint density at radius 3 is 2.59 bits per heavy atom. The molecule has 0 aliphatic carbocycles. The highest BCUT2D eigenvalue weighted by Gasteiger charge is 2.25. The summed E-state index contributed by atoms with van der Waals surface area (Å²) in [5.74, 6) is -4.29. The van der Waals surface area contributed by atoms with E-state index in [0.29, 0.717) is 25.6 Å². The highest BCUT2D eigenvalue weighted by Crippen LogP contribution is 2.26. The van der Waals surface area contributed by atoms with Crippen LogP contribution in [-0.4, -0.2) is 39.8 Å². The molecule has 1 aliphatic rings. The Labute approximate surface area is 161 Å². The van der Waals surface area contributed by atoms with E-state index in [-0.39, 0.29) is 23.2 Å². The minimum absolute atomic E-state index is 0.123. The molecule has 3 aromatic rings. The maximum absolute atomic E-state index is 14.9. The fourth-order valence-corrected chi connectivity index (χ4v) is 3.43. The molecule has 1 unspecified atom stereocenters. The molecule has 1 aliphatic heterocycles. The van der Waals surface area contributed by atoms with Gasteiger partial charge in [-0.25, -0.2) is 22.9 Å². The molecular weight excluding hydrogens is 389 g/mol. The molecule has 0 spiro atoms. The Balaban J connectivity index is 2.06. The van der Waals surface area contributed by atoms with Crippen LogP contribution < -0.4 is 16.1 Å². The fourth-order valence-electron chi connectivity index (χ4n) is 3.43. The second kappa shape index (κ2) is 6.89. The lowest BCUT2D eigenvalue weighted by Crippen LogP contribution is -2.27. The minimum atomic E-state index is -1.61. The summed E-state index contributed by atoms with van der Waals surface area (Å²) in [6, 6.07) is 3.51. The monoisotopic (exact) mass is 404 g/mol. The van der Waals surface area contributed by atoms with E-state index in [9.17, 15) is 27.9 Å². The van der Waals surface area contributed by atoms with Crippen LogP contribution in [0.5, 0.6) is 0 Å². The SMILES string of the molecule is NC1CCN(c2cc(F)c3c(=O)c(C(=O)O)cn(-c4ccc(F)cc4F)c3n2)C1. The summed E-state index contributed by atoms with van der Waals surface area (Å²) < 4.78 is 43.6. The lowest BCUT2D eigenvalue weighted by atomic mass is 10.1. The summed E-state index contributed by atoms with van der Waals surface area (Å²) >= 11 is 0. The van der Waals surface area contributed by atoms with Gasteiger partial charge in [0.1, 0.15) is 34.2 Å². The van der Waals surface area contributed by atoms with Gasteiger partial charge in [0.2, 0.25) is 5.43 Å². The highest BCUT2D eigenvalue weighted by atomic mass is 19.1. The third kappa shape index (κ3) is 3.21. The predicted octanol–water partition coefficient (Wildman–Crippen LogP) is 2.04. The molecule has 4 rings (SSSR count). The quantitative estimate of drug-likeness (QED) is 0.693. The van der Waals surface area contributed by atoms with E-state index < -0.39 is 39.8 Å². The van der Waals surface area contributed by atoms with Gasteiger partial charge in [-0.05, 0) is 18.6 Å². The van der Waals surface area contributed by atoms with Crippen LogP contribution in [0.2, 0.25) is 0 Å². The lowest BCUT2D eigenvalue weighted by Gasteiger charge is -2.19. The van der Waals surface area contributed by atoms with Gasteiger partial charge in [-0.15, -0.1) is 0 Å².